The Bertz CT molecular complexity index is 1230. The minimum absolute atomic E-state index is 0.1000. The van der Waals surface area contributed by atoms with Crippen LogP contribution in [-0.4, -0.2) is 20.0 Å². The van der Waals surface area contributed by atoms with Crippen LogP contribution in [0.4, 0.5) is 18.9 Å². The van der Waals surface area contributed by atoms with E-state index in [1.807, 2.05) is 0 Å². The number of hydrogen-bond acceptors (Lipinski definition) is 4. The van der Waals surface area contributed by atoms with Gasteiger partial charge in [0, 0.05) is 7.05 Å². The number of halogens is 5. The summed E-state index contributed by atoms with van der Waals surface area (Å²) >= 11 is 11.9. The summed E-state index contributed by atoms with van der Waals surface area (Å²) in [5.74, 6) is -0.779. The zero-order valence-corrected chi connectivity index (χ0v) is 16.1. The molecular weight excluding hydrogens is 436 g/mol. The molecule has 0 saturated heterocycles. The third-order valence-electron chi connectivity index (χ3n) is 4.01. The van der Waals surface area contributed by atoms with Crippen molar-refractivity contribution in [2.45, 2.75) is 12.7 Å². The minimum Gasteiger partial charge on any atom is -0.322 e. The van der Waals surface area contributed by atoms with Crippen molar-refractivity contribution in [2.24, 2.45) is 7.05 Å². The topological polar surface area (TPSA) is 86.0 Å². The molecule has 0 spiro atoms. The Hall–Kier alpha value is -2.85. The highest BCUT2D eigenvalue weighted by atomic mass is 35.5. The SMILES string of the molecule is Cn1c(=O)n(CC(=O)Nc2c(Cl)cccc2Cl)c(=O)c2ccc(C(F)(F)F)nc21. The number of hydrogen-bond donors (Lipinski definition) is 1. The Balaban J connectivity index is 2.03. The Labute approximate surface area is 170 Å². The number of nitrogens with one attached hydrogen (secondary N) is 1. The van der Waals surface area contributed by atoms with E-state index in [2.05, 4.69) is 10.3 Å². The summed E-state index contributed by atoms with van der Waals surface area (Å²) in [4.78, 5) is 40.7. The highest BCUT2D eigenvalue weighted by Crippen LogP contribution is 2.30. The van der Waals surface area contributed by atoms with Crippen LogP contribution in [0.25, 0.3) is 11.0 Å². The second kappa shape index (κ2) is 7.53. The lowest BCUT2D eigenvalue weighted by molar-refractivity contribution is -0.141. The quantitative estimate of drug-likeness (QED) is 0.669. The number of para-hydroxylation sites is 1. The number of aryl methyl sites for hydroxylation is 1. The average molecular weight is 447 g/mol. The number of rotatable bonds is 3. The molecule has 0 bridgehead atoms. The van der Waals surface area contributed by atoms with Crippen LogP contribution in [-0.2, 0) is 24.6 Å². The highest BCUT2D eigenvalue weighted by molar-refractivity contribution is 6.39. The van der Waals surface area contributed by atoms with Crippen molar-refractivity contribution in [3.8, 4) is 0 Å². The standard InChI is InChI=1S/C17H11Cl2F3N4O3/c1-25-14-8(5-6-11(23-14)17(20,21)22)15(28)26(16(25)29)7-12(27)24-13-9(18)3-2-4-10(13)19/h2-6H,7H2,1H3,(H,24,27). The molecule has 0 aliphatic heterocycles. The predicted octanol–water partition coefficient (Wildman–Crippen LogP) is 3.06. The maximum absolute atomic E-state index is 12.9. The number of pyridine rings is 1. The van der Waals surface area contributed by atoms with E-state index in [1.165, 1.54) is 12.1 Å². The van der Waals surface area contributed by atoms with E-state index in [4.69, 9.17) is 23.2 Å². The molecule has 3 aromatic rings. The molecule has 2 heterocycles. The van der Waals surface area contributed by atoms with E-state index < -0.39 is 41.2 Å². The van der Waals surface area contributed by atoms with E-state index in [0.29, 0.717) is 10.6 Å². The van der Waals surface area contributed by atoms with Crippen LogP contribution in [0.15, 0.2) is 39.9 Å². The third kappa shape index (κ3) is 3.99. The van der Waals surface area contributed by atoms with Crippen molar-refractivity contribution < 1.29 is 18.0 Å². The van der Waals surface area contributed by atoms with Gasteiger partial charge in [0.2, 0.25) is 5.91 Å². The molecule has 0 radical (unpaired) electrons. The molecule has 1 amide bonds. The van der Waals surface area contributed by atoms with Crippen LogP contribution in [0.2, 0.25) is 10.0 Å². The number of carbonyl (C=O) groups excluding carboxylic acids is 1. The van der Waals surface area contributed by atoms with Crippen molar-refractivity contribution in [2.75, 3.05) is 5.32 Å². The first-order valence-electron chi connectivity index (χ1n) is 7.92. The van der Waals surface area contributed by atoms with Gasteiger partial charge in [-0.1, -0.05) is 29.3 Å². The molecular formula is C17H11Cl2F3N4O3. The number of fused-ring (bicyclic) bond motifs is 1. The van der Waals surface area contributed by atoms with Gasteiger partial charge in [-0.05, 0) is 24.3 Å². The van der Waals surface area contributed by atoms with E-state index in [-0.39, 0.29) is 21.1 Å². The molecule has 7 nitrogen and oxygen atoms in total. The Morgan fingerprint density at radius 3 is 2.34 bits per heavy atom. The molecule has 0 saturated carbocycles. The fraction of sp³-hybridized carbons (Fsp3) is 0.176. The maximum Gasteiger partial charge on any atom is 0.433 e. The summed E-state index contributed by atoms with van der Waals surface area (Å²) in [6, 6.07) is 6.06. The van der Waals surface area contributed by atoms with Crippen LogP contribution in [0, 0.1) is 0 Å². The lowest BCUT2D eigenvalue weighted by atomic mass is 10.2. The van der Waals surface area contributed by atoms with Gasteiger partial charge in [-0.15, -0.1) is 0 Å². The zero-order chi connectivity index (χ0) is 21.5. The first kappa shape index (κ1) is 20.9. The maximum atomic E-state index is 12.9. The number of nitrogens with zero attached hydrogens (tertiary/aromatic N) is 3. The Kier molecular flexibility index (Phi) is 5.42. The summed E-state index contributed by atoms with van der Waals surface area (Å²) in [5, 5.41) is 2.45. The average Bonchev–Trinajstić information content (AvgIpc) is 2.65. The molecule has 152 valence electrons. The number of benzene rings is 1. The summed E-state index contributed by atoms with van der Waals surface area (Å²) in [7, 11) is 1.15. The largest absolute Gasteiger partial charge is 0.433 e. The van der Waals surface area contributed by atoms with Crippen molar-refractivity contribution in [1.29, 1.82) is 0 Å². The normalized spacial score (nSPS) is 11.7. The summed E-state index contributed by atoms with van der Waals surface area (Å²) < 4.78 is 39.9. The smallest absolute Gasteiger partial charge is 0.322 e. The van der Waals surface area contributed by atoms with Crippen LogP contribution in [0.3, 0.4) is 0 Å². The molecule has 12 heteroatoms. The van der Waals surface area contributed by atoms with E-state index in [9.17, 15) is 27.6 Å². The van der Waals surface area contributed by atoms with Gasteiger partial charge in [0.25, 0.3) is 5.56 Å². The number of aromatic nitrogens is 3. The van der Waals surface area contributed by atoms with E-state index >= 15 is 0 Å². The Morgan fingerprint density at radius 2 is 1.76 bits per heavy atom. The van der Waals surface area contributed by atoms with Gasteiger partial charge < -0.3 is 5.32 Å². The molecule has 0 atom stereocenters. The van der Waals surface area contributed by atoms with Gasteiger partial charge in [-0.2, -0.15) is 13.2 Å². The first-order chi connectivity index (χ1) is 13.5. The molecule has 0 aliphatic rings. The van der Waals surface area contributed by atoms with E-state index in [1.54, 1.807) is 6.07 Å². The van der Waals surface area contributed by atoms with Crippen LogP contribution < -0.4 is 16.6 Å². The summed E-state index contributed by atoms with van der Waals surface area (Å²) in [6.07, 6.45) is -4.74. The van der Waals surface area contributed by atoms with Crippen LogP contribution >= 0.6 is 23.2 Å². The zero-order valence-electron chi connectivity index (χ0n) is 14.6. The number of carbonyl (C=O) groups is 1. The second-order valence-corrected chi connectivity index (χ2v) is 6.76. The molecule has 1 N–H and O–H groups in total. The molecule has 0 fully saturated rings. The second-order valence-electron chi connectivity index (χ2n) is 5.94. The Morgan fingerprint density at radius 1 is 1.14 bits per heavy atom. The van der Waals surface area contributed by atoms with Gasteiger partial charge in [-0.25, -0.2) is 9.78 Å². The number of anilines is 1. The highest BCUT2D eigenvalue weighted by Gasteiger charge is 2.33. The monoisotopic (exact) mass is 446 g/mol. The molecule has 29 heavy (non-hydrogen) atoms. The summed E-state index contributed by atoms with van der Waals surface area (Å²) in [6.45, 7) is -0.704. The fourth-order valence-corrected chi connectivity index (χ4v) is 3.10. The summed E-state index contributed by atoms with van der Waals surface area (Å²) in [5.41, 5.74) is -3.55. The molecule has 1 aromatic carbocycles. The molecule has 0 unspecified atom stereocenters. The van der Waals surface area contributed by atoms with Crippen molar-refractivity contribution >= 4 is 45.8 Å². The molecule has 3 rings (SSSR count). The third-order valence-corrected chi connectivity index (χ3v) is 4.64. The van der Waals surface area contributed by atoms with Gasteiger partial charge in [-0.3, -0.25) is 18.7 Å². The minimum atomic E-state index is -4.74. The van der Waals surface area contributed by atoms with Crippen LogP contribution in [0.5, 0.6) is 0 Å². The molecule has 2 aromatic heterocycles. The van der Waals surface area contributed by atoms with Crippen molar-refractivity contribution in [1.82, 2.24) is 14.1 Å². The fourth-order valence-electron chi connectivity index (χ4n) is 2.61. The van der Waals surface area contributed by atoms with Crippen molar-refractivity contribution in [3.05, 3.63) is 66.9 Å². The van der Waals surface area contributed by atoms with Crippen molar-refractivity contribution in [3.63, 3.8) is 0 Å². The number of amides is 1. The lowest BCUT2D eigenvalue weighted by Crippen LogP contribution is -2.42. The van der Waals surface area contributed by atoms with Gasteiger partial charge in [0.05, 0.1) is 21.1 Å². The van der Waals surface area contributed by atoms with Gasteiger partial charge >= 0.3 is 11.9 Å². The van der Waals surface area contributed by atoms with E-state index in [0.717, 1.165) is 17.7 Å². The van der Waals surface area contributed by atoms with Crippen LogP contribution in [0.1, 0.15) is 5.69 Å². The number of alkyl halides is 3. The first-order valence-corrected chi connectivity index (χ1v) is 8.68. The van der Waals surface area contributed by atoms with Gasteiger partial charge in [0.15, 0.2) is 0 Å². The van der Waals surface area contributed by atoms with Gasteiger partial charge in [0.1, 0.15) is 17.9 Å². The lowest BCUT2D eigenvalue weighted by Gasteiger charge is -2.13. The molecule has 0 aliphatic carbocycles. The predicted molar refractivity (Wildman–Crippen MR) is 101 cm³/mol.